The molecule has 0 saturated carbocycles. The molecule has 0 aliphatic heterocycles. The predicted octanol–water partition coefficient (Wildman–Crippen LogP) is 3.98. The van der Waals surface area contributed by atoms with Gasteiger partial charge in [-0.05, 0) is 42.3 Å². The molecule has 0 aliphatic rings. The van der Waals surface area contributed by atoms with Gasteiger partial charge in [0, 0.05) is 5.02 Å². The number of halogens is 1. The van der Waals surface area contributed by atoms with Gasteiger partial charge in [-0.25, -0.2) is 0 Å². The number of aryl methyl sites for hydroxylation is 1. The molecule has 1 unspecified atom stereocenters. The minimum atomic E-state index is -0.505. The minimum absolute atomic E-state index is 0.205. The number of ether oxygens (including phenoxy) is 2. The predicted molar refractivity (Wildman–Crippen MR) is 82.9 cm³/mol. The third kappa shape index (κ3) is 4.23. The molecular weight excluding hydrogens is 288 g/mol. The van der Waals surface area contributed by atoms with E-state index in [2.05, 4.69) is 0 Å². The molecule has 1 atom stereocenters. The number of rotatable bonds is 5. The van der Waals surface area contributed by atoms with Crippen molar-refractivity contribution >= 4 is 17.6 Å². The number of carbonyl (C=O) groups is 1. The van der Waals surface area contributed by atoms with E-state index in [-0.39, 0.29) is 12.6 Å². The van der Waals surface area contributed by atoms with Gasteiger partial charge in [0.2, 0.25) is 0 Å². The van der Waals surface area contributed by atoms with Crippen LogP contribution in [0, 0.1) is 6.92 Å². The Morgan fingerprint density at radius 3 is 2.62 bits per heavy atom. The van der Waals surface area contributed by atoms with Gasteiger partial charge < -0.3 is 9.47 Å². The van der Waals surface area contributed by atoms with Crippen molar-refractivity contribution in [1.82, 2.24) is 0 Å². The van der Waals surface area contributed by atoms with Crippen molar-refractivity contribution in [2.45, 2.75) is 12.8 Å². The first-order valence-corrected chi connectivity index (χ1v) is 7.00. The summed E-state index contributed by atoms with van der Waals surface area (Å²) in [4.78, 5) is 12.0. The van der Waals surface area contributed by atoms with Crippen molar-refractivity contribution < 1.29 is 14.3 Å². The van der Waals surface area contributed by atoms with E-state index in [1.54, 1.807) is 18.2 Å². The zero-order valence-corrected chi connectivity index (χ0v) is 12.8. The summed E-state index contributed by atoms with van der Waals surface area (Å²) >= 11 is 5.98. The van der Waals surface area contributed by atoms with E-state index in [1.165, 1.54) is 7.11 Å². The summed E-state index contributed by atoms with van der Waals surface area (Å²) in [5.74, 6) is -0.120. The van der Waals surface area contributed by atoms with Crippen molar-refractivity contribution in [1.29, 1.82) is 0 Å². The molecule has 21 heavy (non-hydrogen) atoms. The molecule has 0 saturated heterocycles. The average molecular weight is 305 g/mol. The van der Waals surface area contributed by atoms with Crippen LogP contribution in [0.25, 0.3) is 0 Å². The normalized spacial score (nSPS) is 11.8. The molecule has 0 spiro atoms. The van der Waals surface area contributed by atoms with Gasteiger partial charge in [-0.1, -0.05) is 35.9 Å². The highest BCUT2D eigenvalue weighted by atomic mass is 35.5. The van der Waals surface area contributed by atoms with Crippen molar-refractivity contribution in [3.8, 4) is 5.75 Å². The molecule has 0 radical (unpaired) electrons. The second-order valence-corrected chi connectivity index (χ2v) is 5.19. The van der Waals surface area contributed by atoms with Crippen LogP contribution in [0.1, 0.15) is 17.0 Å². The van der Waals surface area contributed by atoms with Gasteiger partial charge in [0.1, 0.15) is 18.3 Å². The van der Waals surface area contributed by atoms with Crippen LogP contribution in [-0.2, 0) is 9.53 Å². The molecule has 2 rings (SSSR count). The Bertz CT molecular complexity index is 625. The first-order valence-electron chi connectivity index (χ1n) is 6.63. The number of hydrogen-bond donors (Lipinski definition) is 0. The lowest BCUT2D eigenvalue weighted by atomic mass is 10.0. The van der Waals surface area contributed by atoms with E-state index < -0.39 is 5.92 Å². The Kier molecular flexibility index (Phi) is 5.23. The fraction of sp³-hybridized carbons (Fsp3) is 0.235. The second-order valence-electron chi connectivity index (χ2n) is 4.76. The van der Waals surface area contributed by atoms with E-state index in [0.29, 0.717) is 5.02 Å². The fourth-order valence-corrected chi connectivity index (χ4v) is 2.25. The summed E-state index contributed by atoms with van der Waals surface area (Å²) in [5.41, 5.74) is 1.88. The lowest BCUT2D eigenvalue weighted by Gasteiger charge is -2.16. The molecule has 110 valence electrons. The standard InChI is InChI=1S/C17H17ClO3/c1-12-5-3-8-15(9-12)21-11-16(17(19)20-2)13-6-4-7-14(18)10-13/h3-10,16H,11H2,1-2H3. The van der Waals surface area contributed by atoms with Crippen LogP contribution < -0.4 is 4.74 Å². The lowest BCUT2D eigenvalue weighted by molar-refractivity contribution is -0.143. The molecule has 0 heterocycles. The Labute approximate surface area is 129 Å². The van der Waals surface area contributed by atoms with E-state index in [4.69, 9.17) is 21.1 Å². The third-order valence-corrected chi connectivity index (χ3v) is 3.38. The summed E-state index contributed by atoms with van der Waals surface area (Å²) in [5, 5.41) is 0.581. The SMILES string of the molecule is COC(=O)C(COc1cccc(C)c1)c1cccc(Cl)c1. The van der Waals surface area contributed by atoms with Crippen molar-refractivity contribution in [3.05, 3.63) is 64.7 Å². The maximum absolute atomic E-state index is 12.0. The van der Waals surface area contributed by atoms with Crippen LogP contribution in [-0.4, -0.2) is 19.7 Å². The van der Waals surface area contributed by atoms with E-state index in [0.717, 1.165) is 16.9 Å². The molecule has 2 aromatic carbocycles. The number of benzene rings is 2. The fourth-order valence-electron chi connectivity index (χ4n) is 2.05. The molecule has 3 nitrogen and oxygen atoms in total. The highest BCUT2D eigenvalue weighted by Gasteiger charge is 2.22. The van der Waals surface area contributed by atoms with Crippen LogP contribution in [0.2, 0.25) is 5.02 Å². The molecule has 0 aliphatic carbocycles. The average Bonchev–Trinajstić information content (AvgIpc) is 2.47. The van der Waals surface area contributed by atoms with E-state index in [9.17, 15) is 4.79 Å². The summed E-state index contributed by atoms with van der Waals surface area (Å²) in [6, 6.07) is 14.8. The van der Waals surface area contributed by atoms with Gasteiger partial charge in [0.25, 0.3) is 0 Å². The molecule has 2 aromatic rings. The van der Waals surface area contributed by atoms with Crippen LogP contribution in [0.5, 0.6) is 5.75 Å². The number of carbonyl (C=O) groups excluding carboxylic acids is 1. The number of esters is 1. The van der Waals surface area contributed by atoms with Gasteiger partial charge >= 0.3 is 5.97 Å². The Morgan fingerprint density at radius 1 is 1.19 bits per heavy atom. The smallest absolute Gasteiger partial charge is 0.316 e. The molecular formula is C17H17ClO3. The molecule has 0 N–H and O–H groups in total. The van der Waals surface area contributed by atoms with Crippen LogP contribution in [0.15, 0.2) is 48.5 Å². The maximum atomic E-state index is 12.0. The van der Waals surface area contributed by atoms with E-state index >= 15 is 0 Å². The molecule has 0 fully saturated rings. The Morgan fingerprint density at radius 2 is 1.95 bits per heavy atom. The molecule has 0 bridgehead atoms. The van der Waals surface area contributed by atoms with Gasteiger partial charge in [-0.2, -0.15) is 0 Å². The van der Waals surface area contributed by atoms with Crippen LogP contribution in [0.4, 0.5) is 0 Å². The van der Waals surface area contributed by atoms with Gasteiger partial charge in [0.05, 0.1) is 7.11 Å². The zero-order valence-electron chi connectivity index (χ0n) is 12.0. The van der Waals surface area contributed by atoms with Crippen LogP contribution in [0.3, 0.4) is 0 Å². The third-order valence-electron chi connectivity index (χ3n) is 3.14. The van der Waals surface area contributed by atoms with Gasteiger partial charge in [-0.15, -0.1) is 0 Å². The highest BCUT2D eigenvalue weighted by molar-refractivity contribution is 6.30. The van der Waals surface area contributed by atoms with Crippen molar-refractivity contribution in [3.63, 3.8) is 0 Å². The quantitative estimate of drug-likeness (QED) is 0.784. The Balaban J connectivity index is 2.16. The number of methoxy groups -OCH3 is 1. The van der Waals surface area contributed by atoms with E-state index in [1.807, 2.05) is 37.3 Å². The largest absolute Gasteiger partial charge is 0.492 e. The molecule has 0 aromatic heterocycles. The van der Waals surface area contributed by atoms with Crippen molar-refractivity contribution in [2.24, 2.45) is 0 Å². The van der Waals surface area contributed by atoms with Crippen molar-refractivity contribution in [2.75, 3.05) is 13.7 Å². The minimum Gasteiger partial charge on any atom is -0.492 e. The maximum Gasteiger partial charge on any atom is 0.316 e. The number of hydrogen-bond acceptors (Lipinski definition) is 3. The highest BCUT2D eigenvalue weighted by Crippen LogP contribution is 2.23. The first-order chi connectivity index (χ1) is 10.1. The Hall–Kier alpha value is -2.00. The molecule has 0 amide bonds. The molecule has 4 heteroatoms. The zero-order chi connectivity index (χ0) is 15.2. The summed E-state index contributed by atoms with van der Waals surface area (Å²) < 4.78 is 10.6. The van der Waals surface area contributed by atoms with Crippen LogP contribution >= 0.6 is 11.6 Å². The first kappa shape index (κ1) is 15.4. The second kappa shape index (κ2) is 7.14. The summed E-state index contributed by atoms with van der Waals surface area (Å²) in [6.45, 7) is 2.19. The topological polar surface area (TPSA) is 35.5 Å². The van der Waals surface area contributed by atoms with Gasteiger partial charge in [0.15, 0.2) is 0 Å². The van der Waals surface area contributed by atoms with Gasteiger partial charge in [-0.3, -0.25) is 4.79 Å². The summed E-state index contributed by atoms with van der Waals surface area (Å²) in [7, 11) is 1.37. The monoisotopic (exact) mass is 304 g/mol. The summed E-state index contributed by atoms with van der Waals surface area (Å²) in [6.07, 6.45) is 0. The lowest BCUT2D eigenvalue weighted by Crippen LogP contribution is -2.21.